The first-order chi connectivity index (χ1) is 14.3. The molecule has 0 aromatic heterocycles. The van der Waals surface area contributed by atoms with Crippen molar-refractivity contribution in [3.05, 3.63) is 30.3 Å². The molecule has 0 spiro atoms. The van der Waals surface area contributed by atoms with Gasteiger partial charge in [0.05, 0.1) is 24.9 Å². The van der Waals surface area contributed by atoms with E-state index in [4.69, 9.17) is 4.74 Å². The second-order valence-corrected chi connectivity index (χ2v) is 11.3. The molecule has 2 rings (SSSR count). The Kier molecular flexibility index (Phi) is 14.2. The maximum absolute atomic E-state index is 11.2. The molecule has 172 valence electrons. The smallest absolute Gasteiger partial charge is 0.799 e. The molecule has 0 aliphatic heterocycles. The molecule has 1 aliphatic rings. The van der Waals surface area contributed by atoms with Crippen molar-refractivity contribution in [2.45, 2.75) is 76.1 Å². The van der Waals surface area contributed by atoms with Crippen LogP contribution in [0.25, 0.3) is 0 Å². The van der Waals surface area contributed by atoms with Gasteiger partial charge in [0.1, 0.15) is 5.75 Å². The Morgan fingerprint density at radius 1 is 1.03 bits per heavy atom. The van der Waals surface area contributed by atoms with Crippen LogP contribution in [0.5, 0.6) is 5.75 Å². The zero-order chi connectivity index (χ0) is 22.0. The van der Waals surface area contributed by atoms with Gasteiger partial charge in [-0.3, -0.25) is 0 Å². The van der Waals surface area contributed by atoms with E-state index in [-0.39, 0.29) is 47.6 Å². The summed E-state index contributed by atoms with van der Waals surface area (Å²) in [5.41, 5.74) is 0. The van der Waals surface area contributed by atoms with Crippen LogP contribution in [0, 0.1) is 11.8 Å². The molecule has 1 saturated carbocycles. The zero-order valence-corrected chi connectivity index (χ0v) is 22.0. The first-order valence-electron chi connectivity index (χ1n) is 11.3. The fourth-order valence-corrected chi connectivity index (χ4v) is 5.27. The van der Waals surface area contributed by atoms with Crippen LogP contribution < -0.4 is 39.2 Å². The van der Waals surface area contributed by atoms with Gasteiger partial charge in [-0.1, -0.05) is 37.5 Å². The van der Waals surface area contributed by atoms with Crippen LogP contribution in [-0.4, -0.2) is 53.1 Å². The molecule has 1 aromatic carbocycles. The van der Waals surface area contributed by atoms with Crippen LogP contribution in [0.3, 0.4) is 0 Å². The van der Waals surface area contributed by atoms with Crippen LogP contribution in [0.2, 0.25) is 0 Å². The van der Waals surface area contributed by atoms with Crippen LogP contribution in [0.4, 0.5) is 0 Å². The molecule has 31 heavy (non-hydrogen) atoms. The average Bonchev–Trinajstić information content (AvgIpc) is 2.95. The number of aliphatic hydroxyl groups excluding tert-OH is 3. The minimum absolute atomic E-state index is 0. The Hall–Kier alpha value is 0.0900. The third-order valence-electron chi connectivity index (χ3n) is 6.17. The normalized spacial score (nSPS) is 26.1. The van der Waals surface area contributed by atoms with Gasteiger partial charge in [-0.15, -0.1) is 0 Å². The largest absolute Gasteiger partial charge is 1.00 e. The standard InChI is InChI=1S/C23H39O6P.Na/c1-30(27,28)16-8-3-2-7-11-20-21(23(26)17-22(20)25)13-12-18(24)14-15-29-19-9-5-4-6-10-19;/h4-6,9-10,18,20-26H,2-3,7-8,11-17H2,1H3,(H,27,28);/q;+1/p-1. The number of para-hydroxylation sites is 1. The Balaban J connectivity index is 0.00000480. The summed E-state index contributed by atoms with van der Waals surface area (Å²) < 4.78 is 16.8. The van der Waals surface area contributed by atoms with E-state index in [1.54, 1.807) is 0 Å². The van der Waals surface area contributed by atoms with Gasteiger partial charge in [-0.25, -0.2) is 0 Å². The van der Waals surface area contributed by atoms with Gasteiger partial charge in [0.25, 0.3) is 0 Å². The van der Waals surface area contributed by atoms with E-state index in [0.29, 0.717) is 38.7 Å². The zero-order valence-electron chi connectivity index (χ0n) is 19.1. The SMILES string of the molecule is CP(=O)([O-])CCCCCCC1C(O)CC(O)C1CCC(O)CCOc1ccccc1.[Na+]. The molecule has 0 heterocycles. The van der Waals surface area contributed by atoms with Crippen molar-refractivity contribution in [1.82, 2.24) is 0 Å². The van der Waals surface area contributed by atoms with E-state index in [2.05, 4.69) is 0 Å². The summed E-state index contributed by atoms with van der Waals surface area (Å²) >= 11 is 0. The van der Waals surface area contributed by atoms with E-state index >= 15 is 0 Å². The summed E-state index contributed by atoms with van der Waals surface area (Å²) in [7, 11) is -3.16. The number of unbranched alkanes of at least 4 members (excludes halogenated alkanes) is 3. The summed E-state index contributed by atoms with van der Waals surface area (Å²) in [5, 5.41) is 31.0. The molecule has 6 atom stereocenters. The third-order valence-corrected chi connectivity index (χ3v) is 7.30. The van der Waals surface area contributed by atoms with Crippen molar-refractivity contribution in [1.29, 1.82) is 0 Å². The van der Waals surface area contributed by atoms with E-state index in [1.165, 1.54) is 6.66 Å². The molecule has 0 amide bonds. The van der Waals surface area contributed by atoms with Crippen LogP contribution in [-0.2, 0) is 4.57 Å². The fraction of sp³-hybridized carbons (Fsp3) is 0.739. The molecule has 0 saturated heterocycles. The number of ether oxygens (including phenoxy) is 1. The minimum Gasteiger partial charge on any atom is -0.799 e. The van der Waals surface area contributed by atoms with Crippen LogP contribution >= 0.6 is 7.37 Å². The number of hydrogen-bond acceptors (Lipinski definition) is 6. The second-order valence-electron chi connectivity index (χ2n) is 8.82. The summed E-state index contributed by atoms with van der Waals surface area (Å²) in [6.45, 7) is 1.73. The third kappa shape index (κ3) is 11.7. The van der Waals surface area contributed by atoms with E-state index in [9.17, 15) is 24.8 Å². The van der Waals surface area contributed by atoms with Gasteiger partial charge >= 0.3 is 29.6 Å². The van der Waals surface area contributed by atoms with Crippen LogP contribution in [0.1, 0.15) is 57.8 Å². The van der Waals surface area contributed by atoms with Gasteiger partial charge < -0.3 is 29.5 Å². The Morgan fingerprint density at radius 3 is 2.29 bits per heavy atom. The molecule has 6 unspecified atom stereocenters. The fourth-order valence-electron chi connectivity index (χ4n) is 4.47. The number of aliphatic hydroxyl groups is 3. The maximum atomic E-state index is 11.2. The molecular weight excluding hydrogens is 426 g/mol. The molecular formula is C23H38NaO6P. The molecule has 1 aromatic rings. The summed E-state index contributed by atoms with van der Waals surface area (Å²) in [4.78, 5) is 11.2. The minimum atomic E-state index is -3.16. The monoisotopic (exact) mass is 464 g/mol. The average molecular weight is 465 g/mol. The Bertz CT molecular complexity index is 640. The molecule has 3 N–H and O–H groups in total. The van der Waals surface area contributed by atoms with E-state index in [1.807, 2.05) is 30.3 Å². The first kappa shape index (κ1) is 29.1. The summed E-state index contributed by atoms with van der Waals surface area (Å²) in [5.74, 6) is 0.836. The van der Waals surface area contributed by atoms with Crippen molar-refractivity contribution >= 4 is 7.37 Å². The molecule has 8 heteroatoms. The number of benzene rings is 1. The Morgan fingerprint density at radius 2 is 1.65 bits per heavy atom. The quantitative estimate of drug-likeness (QED) is 0.206. The van der Waals surface area contributed by atoms with E-state index in [0.717, 1.165) is 31.4 Å². The molecule has 1 aliphatic carbocycles. The van der Waals surface area contributed by atoms with Gasteiger partial charge in [-0.2, -0.15) is 0 Å². The van der Waals surface area contributed by atoms with Gasteiger partial charge in [0.15, 0.2) is 0 Å². The van der Waals surface area contributed by atoms with Crippen molar-refractivity contribution in [3.8, 4) is 5.75 Å². The van der Waals surface area contributed by atoms with Crippen molar-refractivity contribution in [3.63, 3.8) is 0 Å². The summed E-state index contributed by atoms with van der Waals surface area (Å²) in [6, 6.07) is 9.51. The maximum Gasteiger partial charge on any atom is 1.00 e. The Labute approximate surface area is 209 Å². The second kappa shape index (κ2) is 15.1. The predicted octanol–water partition coefficient (Wildman–Crippen LogP) is 0.177. The van der Waals surface area contributed by atoms with Crippen molar-refractivity contribution in [2.75, 3.05) is 19.4 Å². The van der Waals surface area contributed by atoms with Gasteiger partial charge in [0, 0.05) is 13.8 Å². The molecule has 0 radical (unpaired) electrons. The topological polar surface area (TPSA) is 110 Å². The molecule has 6 nitrogen and oxygen atoms in total. The van der Waals surface area contributed by atoms with E-state index < -0.39 is 25.7 Å². The summed E-state index contributed by atoms with van der Waals surface area (Å²) in [6.07, 6.45) is 5.19. The van der Waals surface area contributed by atoms with Gasteiger partial charge in [0.2, 0.25) is 0 Å². The van der Waals surface area contributed by atoms with Gasteiger partial charge in [-0.05, 0) is 68.9 Å². The number of hydrogen-bond donors (Lipinski definition) is 3. The first-order valence-corrected chi connectivity index (χ1v) is 13.5. The predicted molar refractivity (Wildman–Crippen MR) is 117 cm³/mol. The van der Waals surface area contributed by atoms with Crippen molar-refractivity contribution in [2.24, 2.45) is 11.8 Å². The number of rotatable bonds is 14. The van der Waals surface area contributed by atoms with Crippen LogP contribution in [0.15, 0.2) is 30.3 Å². The molecule has 1 fully saturated rings. The molecule has 0 bridgehead atoms. The van der Waals surface area contributed by atoms with Crippen molar-refractivity contribution < 1.29 is 59.1 Å².